The second kappa shape index (κ2) is 5.82. The molecule has 0 saturated carbocycles. The average molecular weight is 355 g/mol. The van der Waals surface area contributed by atoms with Crippen LogP contribution in [0.15, 0.2) is 24.3 Å². The van der Waals surface area contributed by atoms with E-state index in [0.29, 0.717) is 4.70 Å². The van der Waals surface area contributed by atoms with Crippen molar-refractivity contribution in [2.45, 2.75) is 13.1 Å². The fraction of sp³-hybridized carbons (Fsp3) is 0.200. The summed E-state index contributed by atoms with van der Waals surface area (Å²) in [4.78, 5) is 18.9. The van der Waals surface area contributed by atoms with Crippen LogP contribution in [0.4, 0.5) is 18.3 Å². The van der Waals surface area contributed by atoms with Gasteiger partial charge in [0.15, 0.2) is 10.8 Å². The number of carbonyl (C=O) groups is 1. The highest BCUT2D eigenvalue weighted by Gasteiger charge is 2.35. The van der Waals surface area contributed by atoms with E-state index >= 15 is 0 Å². The van der Waals surface area contributed by atoms with Crippen molar-refractivity contribution in [1.29, 1.82) is 0 Å². The predicted molar refractivity (Wildman–Crippen MR) is 84.8 cm³/mol. The van der Waals surface area contributed by atoms with E-state index in [1.54, 1.807) is 6.92 Å². The van der Waals surface area contributed by atoms with Gasteiger partial charge in [-0.15, -0.1) is 0 Å². The molecule has 24 heavy (non-hydrogen) atoms. The monoisotopic (exact) mass is 355 g/mol. The Morgan fingerprint density at radius 3 is 2.75 bits per heavy atom. The van der Waals surface area contributed by atoms with E-state index in [-0.39, 0.29) is 34.2 Å². The van der Waals surface area contributed by atoms with Crippen LogP contribution in [0.25, 0.3) is 21.5 Å². The van der Waals surface area contributed by atoms with Gasteiger partial charge in [0.05, 0.1) is 16.9 Å². The molecule has 0 spiro atoms. The Labute approximate surface area is 138 Å². The molecule has 3 aromatic rings. The van der Waals surface area contributed by atoms with Gasteiger partial charge in [-0.3, -0.25) is 0 Å². The first-order chi connectivity index (χ1) is 11.3. The van der Waals surface area contributed by atoms with Gasteiger partial charge in [-0.25, -0.2) is 9.78 Å². The molecule has 0 fully saturated rings. The summed E-state index contributed by atoms with van der Waals surface area (Å²) >= 11 is 1.01. The third kappa shape index (κ3) is 2.71. The number of hydrogen-bond donors (Lipinski definition) is 2. The zero-order valence-electron chi connectivity index (χ0n) is 12.4. The van der Waals surface area contributed by atoms with Gasteiger partial charge >= 0.3 is 12.1 Å². The number of nitrogens with two attached hydrogens (primary N) is 1. The average Bonchev–Trinajstić information content (AvgIpc) is 3.02. The van der Waals surface area contributed by atoms with Gasteiger partial charge in [0.2, 0.25) is 0 Å². The number of hydrogen-bond acceptors (Lipinski definition) is 5. The van der Waals surface area contributed by atoms with Gasteiger partial charge < -0.3 is 15.5 Å². The summed E-state index contributed by atoms with van der Waals surface area (Å²) in [6.07, 6.45) is -4.57. The number of ether oxygens (including phenoxy) is 1. The lowest BCUT2D eigenvalue weighted by atomic mass is 9.99. The number of aromatic amines is 1. The summed E-state index contributed by atoms with van der Waals surface area (Å²) in [5, 5.41) is 0.192. The van der Waals surface area contributed by atoms with Crippen LogP contribution in [0.3, 0.4) is 0 Å². The quantitative estimate of drug-likeness (QED) is 0.694. The normalized spacial score (nSPS) is 11.8. The van der Waals surface area contributed by atoms with Crippen molar-refractivity contribution in [3.63, 3.8) is 0 Å². The molecule has 3 N–H and O–H groups in total. The lowest BCUT2D eigenvalue weighted by Crippen LogP contribution is -2.10. The van der Waals surface area contributed by atoms with Crippen LogP contribution in [-0.4, -0.2) is 22.5 Å². The van der Waals surface area contributed by atoms with E-state index in [0.717, 1.165) is 17.4 Å². The molecule has 0 radical (unpaired) electrons. The van der Waals surface area contributed by atoms with Crippen LogP contribution in [0.5, 0.6) is 0 Å². The molecule has 1 aromatic carbocycles. The number of alkyl halides is 3. The fourth-order valence-corrected chi connectivity index (χ4v) is 3.30. The fourth-order valence-electron chi connectivity index (χ4n) is 2.45. The first kappa shape index (κ1) is 16.3. The van der Waals surface area contributed by atoms with Crippen molar-refractivity contribution >= 4 is 32.8 Å². The summed E-state index contributed by atoms with van der Waals surface area (Å²) in [6, 6.07) is 5.04. The molecule has 2 heterocycles. The Balaban J connectivity index is 2.32. The number of aromatic nitrogens is 2. The first-order valence-electron chi connectivity index (χ1n) is 6.94. The molecule has 2 aromatic heterocycles. The molecule has 9 heteroatoms. The molecular weight excluding hydrogens is 343 g/mol. The van der Waals surface area contributed by atoms with Crippen molar-refractivity contribution in [3.8, 4) is 11.1 Å². The number of fused-ring (bicyclic) bond motifs is 1. The van der Waals surface area contributed by atoms with E-state index in [4.69, 9.17) is 10.5 Å². The lowest BCUT2D eigenvalue weighted by Gasteiger charge is -2.13. The number of benzene rings is 1. The van der Waals surface area contributed by atoms with E-state index in [1.807, 2.05) is 0 Å². The Bertz CT molecular complexity index is 914. The molecule has 0 atom stereocenters. The maximum Gasteiger partial charge on any atom is 0.417 e. The number of H-pyrrole nitrogens is 1. The van der Waals surface area contributed by atoms with Gasteiger partial charge in [0.1, 0.15) is 5.69 Å². The Morgan fingerprint density at radius 1 is 1.38 bits per heavy atom. The summed E-state index contributed by atoms with van der Waals surface area (Å²) in [5.41, 5.74) is 4.97. The van der Waals surface area contributed by atoms with Gasteiger partial charge in [0, 0.05) is 5.56 Å². The zero-order chi connectivity index (χ0) is 17.5. The molecule has 0 amide bonds. The topological polar surface area (TPSA) is 81.0 Å². The second-order valence-corrected chi connectivity index (χ2v) is 5.90. The minimum atomic E-state index is -4.57. The molecule has 0 unspecified atom stereocenters. The molecule has 0 aliphatic rings. The summed E-state index contributed by atoms with van der Waals surface area (Å²) in [7, 11) is 0. The van der Waals surface area contributed by atoms with Crippen LogP contribution < -0.4 is 5.73 Å². The third-order valence-corrected chi connectivity index (χ3v) is 4.25. The van der Waals surface area contributed by atoms with Crippen molar-refractivity contribution < 1.29 is 22.7 Å². The largest absolute Gasteiger partial charge is 0.461 e. The molecule has 0 aliphatic carbocycles. The zero-order valence-corrected chi connectivity index (χ0v) is 13.2. The van der Waals surface area contributed by atoms with Crippen molar-refractivity contribution in [2.24, 2.45) is 0 Å². The molecule has 3 rings (SSSR count). The number of carbonyl (C=O) groups excluding carboxylic acids is 1. The number of anilines is 1. The minimum Gasteiger partial charge on any atom is -0.461 e. The highest BCUT2D eigenvalue weighted by Crippen LogP contribution is 2.43. The molecule has 126 valence electrons. The molecule has 0 aliphatic heterocycles. The van der Waals surface area contributed by atoms with Crippen LogP contribution in [-0.2, 0) is 10.9 Å². The number of nitrogen functional groups attached to an aromatic ring is 1. The smallest absolute Gasteiger partial charge is 0.417 e. The van der Waals surface area contributed by atoms with Crippen molar-refractivity contribution in [2.75, 3.05) is 12.3 Å². The second-order valence-electron chi connectivity index (χ2n) is 4.87. The molecule has 0 saturated heterocycles. The Kier molecular flexibility index (Phi) is 3.96. The SMILES string of the molecule is CCOC(=O)c1[nH]c2nc(N)sc2c1-c1ccccc1C(F)(F)F. The van der Waals surface area contributed by atoms with E-state index < -0.39 is 17.7 Å². The van der Waals surface area contributed by atoms with Crippen molar-refractivity contribution in [3.05, 3.63) is 35.5 Å². The third-order valence-electron chi connectivity index (χ3n) is 3.35. The van der Waals surface area contributed by atoms with Crippen LogP contribution in [0.1, 0.15) is 23.0 Å². The van der Waals surface area contributed by atoms with Gasteiger partial charge in [0.25, 0.3) is 0 Å². The van der Waals surface area contributed by atoms with Crippen LogP contribution in [0, 0.1) is 0 Å². The number of nitrogens with one attached hydrogen (secondary N) is 1. The Hall–Kier alpha value is -2.55. The van der Waals surface area contributed by atoms with E-state index in [1.165, 1.54) is 18.2 Å². The number of halogens is 3. The van der Waals surface area contributed by atoms with Crippen LogP contribution >= 0.6 is 11.3 Å². The van der Waals surface area contributed by atoms with E-state index in [2.05, 4.69) is 9.97 Å². The van der Waals surface area contributed by atoms with Gasteiger partial charge in [-0.1, -0.05) is 29.5 Å². The standard InChI is InChI=1S/C15H12F3N3O2S/c1-2-23-13(22)10-9(11-12(20-10)21-14(19)24-11)7-5-3-4-6-8(7)15(16,17)18/h3-6,20H,2H2,1H3,(H2,19,21). The molecule has 5 nitrogen and oxygen atoms in total. The van der Waals surface area contributed by atoms with Gasteiger partial charge in [-0.2, -0.15) is 13.2 Å². The number of thiazole rings is 1. The summed E-state index contributed by atoms with van der Waals surface area (Å²) in [6.45, 7) is 1.71. The number of rotatable bonds is 3. The minimum absolute atomic E-state index is 0.0673. The lowest BCUT2D eigenvalue weighted by molar-refractivity contribution is -0.137. The predicted octanol–water partition coefficient (Wildman–Crippen LogP) is 4.07. The number of esters is 1. The molecular formula is C15H12F3N3O2S. The first-order valence-corrected chi connectivity index (χ1v) is 7.76. The highest BCUT2D eigenvalue weighted by molar-refractivity contribution is 7.22. The highest BCUT2D eigenvalue weighted by atomic mass is 32.1. The maximum atomic E-state index is 13.4. The summed E-state index contributed by atoms with van der Waals surface area (Å²) < 4.78 is 45.4. The summed E-state index contributed by atoms with van der Waals surface area (Å²) in [5.74, 6) is -0.742. The Morgan fingerprint density at radius 2 is 2.08 bits per heavy atom. The number of nitrogens with zero attached hydrogens (tertiary/aromatic N) is 1. The van der Waals surface area contributed by atoms with E-state index in [9.17, 15) is 18.0 Å². The molecule has 0 bridgehead atoms. The van der Waals surface area contributed by atoms with Gasteiger partial charge in [-0.05, 0) is 18.6 Å². The maximum absolute atomic E-state index is 13.4. The van der Waals surface area contributed by atoms with Crippen molar-refractivity contribution in [1.82, 2.24) is 9.97 Å². The van der Waals surface area contributed by atoms with Crippen LogP contribution in [0.2, 0.25) is 0 Å².